The van der Waals surface area contributed by atoms with Crippen molar-refractivity contribution in [3.05, 3.63) is 0 Å². The fourth-order valence-electron chi connectivity index (χ4n) is 8.85. The van der Waals surface area contributed by atoms with Gasteiger partial charge in [-0.05, 0) is 93.8 Å². The van der Waals surface area contributed by atoms with E-state index in [4.69, 9.17) is 14.2 Å². The highest BCUT2D eigenvalue weighted by molar-refractivity contribution is 5.66. The minimum absolute atomic E-state index is 0.0992. The highest BCUT2D eigenvalue weighted by Gasteiger charge is 2.61. The van der Waals surface area contributed by atoms with Crippen LogP contribution in [0.4, 0.5) is 0 Å². The SMILES string of the molecule is CC(=O)O[C@H]1CC[C@@H]2[C@H]3CC[C@H]4C[C@@H](C5(C)OCCO5)CC[C@]4(C)[C@@H]3CC[C@]12C. The molecule has 4 nitrogen and oxygen atoms in total. The summed E-state index contributed by atoms with van der Waals surface area (Å²) in [7, 11) is 0. The van der Waals surface area contributed by atoms with Crippen LogP contribution in [0.3, 0.4) is 0 Å². The molecule has 0 amide bonds. The number of ether oxygens (including phenoxy) is 3. The summed E-state index contributed by atoms with van der Waals surface area (Å²) in [6.07, 6.45) is 11.6. The smallest absolute Gasteiger partial charge is 0.302 e. The summed E-state index contributed by atoms with van der Waals surface area (Å²) >= 11 is 0. The normalized spacial score (nSPS) is 51.0. The van der Waals surface area contributed by atoms with Gasteiger partial charge in [0.1, 0.15) is 6.10 Å². The third kappa shape index (κ3) is 3.03. The van der Waals surface area contributed by atoms with Crippen molar-refractivity contribution in [3.63, 3.8) is 0 Å². The van der Waals surface area contributed by atoms with Gasteiger partial charge in [0.25, 0.3) is 0 Å². The van der Waals surface area contributed by atoms with Crippen LogP contribution in [0.15, 0.2) is 0 Å². The van der Waals surface area contributed by atoms with Crippen LogP contribution in [-0.2, 0) is 19.0 Å². The van der Waals surface area contributed by atoms with Gasteiger partial charge in [0, 0.05) is 18.3 Å². The lowest BCUT2D eigenvalue weighted by molar-refractivity contribution is -0.211. The molecule has 0 N–H and O–H groups in total. The molecule has 5 aliphatic rings. The lowest BCUT2D eigenvalue weighted by Crippen LogP contribution is -2.55. The Kier molecular flexibility index (Phi) is 4.87. The van der Waals surface area contributed by atoms with E-state index < -0.39 is 0 Å². The van der Waals surface area contributed by atoms with E-state index in [0.29, 0.717) is 11.3 Å². The van der Waals surface area contributed by atoms with Gasteiger partial charge in [-0.2, -0.15) is 0 Å². The minimum atomic E-state index is -0.341. The fourth-order valence-corrected chi connectivity index (χ4v) is 8.85. The molecule has 164 valence electrons. The van der Waals surface area contributed by atoms with Gasteiger partial charge in [-0.1, -0.05) is 13.8 Å². The van der Waals surface area contributed by atoms with Crippen LogP contribution in [0.25, 0.3) is 0 Å². The van der Waals surface area contributed by atoms with E-state index in [9.17, 15) is 4.79 Å². The molecule has 0 radical (unpaired) electrons. The van der Waals surface area contributed by atoms with E-state index in [0.717, 1.165) is 43.3 Å². The zero-order valence-electron chi connectivity index (χ0n) is 18.9. The van der Waals surface area contributed by atoms with E-state index >= 15 is 0 Å². The average Bonchev–Trinajstić information content (AvgIpc) is 3.25. The Hall–Kier alpha value is -0.610. The average molecular weight is 405 g/mol. The van der Waals surface area contributed by atoms with Crippen molar-refractivity contribution in [3.8, 4) is 0 Å². The van der Waals surface area contributed by atoms with Crippen LogP contribution in [0.2, 0.25) is 0 Å². The van der Waals surface area contributed by atoms with E-state index in [1.165, 1.54) is 51.4 Å². The molecule has 4 saturated carbocycles. The summed E-state index contributed by atoms with van der Waals surface area (Å²) in [6, 6.07) is 0. The monoisotopic (exact) mass is 404 g/mol. The maximum atomic E-state index is 11.7. The minimum Gasteiger partial charge on any atom is -0.462 e. The first-order valence-electron chi connectivity index (χ1n) is 12.2. The van der Waals surface area contributed by atoms with Crippen LogP contribution in [-0.4, -0.2) is 31.1 Å². The Morgan fingerprint density at radius 1 is 0.828 bits per heavy atom. The summed E-state index contributed by atoms with van der Waals surface area (Å²) in [5, 5.41) is 0. The first-order chi connectivity index (χ1) is 13.8. The first kappa shape index (κ1) is 20.3. The number of fused-ring (bicyclic) bond motifs is 5. The molecule has 4 aliphatic carbocycles. The van der Waals surface area contributed by atoms with Gasteiger partial charge in [-0.15, -0.1) is 0 Å². The van der Waals surface area contributed by atoms with Crippen LogP contribution in [0, 0.1) is 40.4 Å². The highest BCUT2D eigenvalue weighted by atomic mass is 16.7. The van der Waals surface area contributed by atoms with Crippen LogP contribution in [0.1, 0.15) is 85.5 Å². The van der Waals surface area contributed by atoms with Crippen molar-refractivity contribution in [1.29, 1.82) is 0 Å². The number of carbonyl (C=O) groups is 1. The number of esters is 1. The third-order valence-electron chi connectivity index (χ3n) is 10.5. The van der Waals surface area contributed by atoms with Gasteiger partial charge in [0.2, 0.25) is 0 Å². The van der Waals surface area contributed by atoms with E-state index in [-0.39, 0.29) is 23.3 Å². The summed E-state index contributed by atoms with van der Waals surface area (Å²) in [4.78, 5) is 11.7. The van der Waals surface area contributed by atoms with Crippen molar-refractivity contribution in [2.24, 2.45) is 40.4 Å². The lowest BCUT2D eigenvalue weighted by atomic mass is 9.44. The van der Waals surface area contributed by atoms with Gasteiger partial charge in [0.05, 0.1) is 13.2 Å². The molecular weight excluding hydrogens is 364 g/mol. The molecule has 0 aromatic carbocycles. The van der Waals surface area contributed by atoms with Gasteiger partial charge < -0.3 is 14.2 Å². The second-order valence-electron chi connectivity index (χ2n) is 11.6. The Balaban J connectivity index is 1.33. The molecule has 1 saturated heterocycles. The second kappa shape index (κ2) is 6.95. The maximum Gasteiger partial charge on any atom is 0.302 e. The summed E-state index contributed by atoms with van der Waals surface area (Å²) in [5.74, 6) is 3.32. The molecule has 5 rings (SSSR count). The molecule has 0 aromatic rings. The third-order valence-corrected chi connectivity index (χ3v) is 10.5. The largest absolute Gasteiger partial charge is 0.462 e. The standard InChI is InChI=1S/C25H40O4/c1-16(26)29-22-8-7-20-19-6-5-17-15-18(25(4)27-13-14-28-25)9-11-23(17,2)21(19)10-12-24(20,22)3/h17-22H,5-15H2,1-4H3/t17-,18-,19+,20+,21+,22-,23-,24-/m0/s1. The molecule has 8 atom stereocenters. The lowest BCUT2D eigenvalue weighted by Gasteiger charge is -2.61. The molecule has 5 fully saturated rings. The predicted molar refractivity (Wildman–Crippen MR) is 111 cm³/mol. The number of hydrogen-bond donors (Lipinski definition) is 0. The van der Waals surface area contributed by atoms with Crippen LogP contribution in [0.5, 0.6) is 0 Å². The van der Waals surface area contributed by atoms with E-state index in [2.05, 4.69) is 20.8 Å². The summed E-state index contributed by atoms with van der Waals surface area (Å²) in [6.45, 7) is 10.3. The van der Waals surface area contributed by atoms with Crippen LogP contribution >= 0.6 is 0 Å². The predicted octanol–water partition coefficient (Wildman–Crippen LogP) is 5.34. The second-order valence-corrected chi connectivity index (χ2v) is 11.6. The zero-order valence-corrected chi connectivity index (χ0v) is 18.9. The summed E-state index contributed by atoms with van der Waals surface area (Å²) < 4.78 is 17.9. The molecule has 29 heavy (non-hydrogen) atoms. The van der Waals surface area contributed by atoms with Crippen LogP contribution < -0.4 is 0 Å². The van der Waals surface area contributed by atoms with Crippen molar-refractivity contribution < 1.29 is 19.0 Å². The quantitative estimate of drug-likeness (QED) is 0.583. The number of rotatable bonds is 2. The number of hydrogen-bond acceptors (Lipinski definition) is 4. The van der Waals surface area contributed by atoms with E-state index in [1.807, 2.05) is 0 Å². The van der Waals surface area contributed by atoms with Gasteiger partial charge in [0.15, 0.2) is 5.79 Å². The topological polar surface area (TPSA) is 44.8 Å². The zero-order chi connectivity index (χ0) is 20.4. The van der Waals surface area contributed by atoms with Gasteiger partial charge in [-0.3, -0.25) is 4.79 Å². The Bertz CT molecular complexity index is 655. The first-order valence-corrected chi connectivity index (χ1v) is 12.2. The van der Waals surface area contributed by atoms with Crippen molar-refractivity contribution >= 4 is 5.97 Å². The Labute approximate surface area is 176 Å². The van der Waals surface area contributed by atoms with Gasteiger partial charge >= 0.3 is 5.97 Å². The Morgan fingerprint density at radius 3 is 2.24 bits per heavy atom. The molecule has 0 unspecified atom stereocenters. The van der Waals surface area contributed by atoms with Crippen molar-refractivity contribution in [2.75, 3.05) is 13.2 Å². The maximum absolute atomic E-state index is 11.7. The highest BCUT2D eigenvalue weighted by Crippen LogP contribution is 2.67. The molecule has 4 heteroatoms. The molecular formula is C25H40O4. The molecule has 0 spiro atoms. The van der Waals surface area contributed by atoms with E-state index in [1.54, 1.807) is 6.92 Å². The van der Waals surface area contributed by atoms with Crippen molar-refractivity contribution in [2.45, 2.75) is 97.4 Å². The van der Waals surface area contributed by atoms with Crippen molar-refractivity contribution in [1.82, 2.24) is 0 Å². The Morgan fingerprint density at radius 2 is 1.52 bits per heavy atom. The molecule has 1 heterocycles. The fraction of sp³-hybridized carbons (Fsp3) is 0.960. The van der Waals surface area contributed by atoms with Gasteiger partial charge in [-0.25, -0.2) is 0 Å². The molecule has 0 aromatic heterocycles. The molecule has 1 aliphatic heterocycles. The summed E-state index contributed by atoms with van der Waals surface area (Å²) in [5.41, 5.74) is 0.668. The molecule has 0 bridgehead atoms. The number of carbonyl (C=O) groups excluding carboxylic acids is 1.